The molecule has 2 unspecified atom stereocenters. The Labute approximate surface area is 140 Å². The van der Waals surface area contributed by atoms with Crippen LogP contribution in [0.5, 0.6) is 0 Å². The second-order valence-electron chi connectivity index (χ2n) is 5.80. The van der Waals surface area contributed by atoms with Crippen LogP contribution in [0.25, 0.3) is 11.0 Å². The summed E-state index contributed by atoms with van der Waals surface area (Å²) in [5.41, 5.74) is 2.57. The van der Waals surface area contributed by atoms with Gasteiger partial charge in [0.2, 0.25) is 5.91 Å². The summed E-state index contributed by atoms with van der Waals surface area (Å²) in [5, 5.41) is 13.1. The molecule has 3 aromatic rings. The van der Waals surface area contributed by atoms with Crippen LogP contribution in [0, 0.1) is 0 Å². The number of imidazole rings is 1. The van der Waals surface area contributed by atoms with E-state index in [0.29, 0.717) is 6.42 Å². The lowest BCUT2D eigenvalue weighted by atomic mass is 10.1. The van der Waals surface area contributed by atoms with Gasteiger partial charge < -0.3 is 15.4 Å². The van der Waals surface area contributed by atoms with Gasteiger partial charge in [0.05, 0.1) is 29.6 Å². The molecule has 1 aromatic heterocycles. The van der Waals surface area contributed by atoms with Crippen LogP contribution in [0.3, 0.4) is 0 Å². The number of H-pyrrole nitrogens is 1. The molecule has 5 nitrogen and oxygen atoms in total. The quantitative estimate of drug-likeness (QED) is 0.651. The molecule has 3 rings (SSSR count). The molecule has 1 amide bonds. The van der Waals surface area contributed by atoms with Gasteiger partial charge in [0, 0.05) is 0 Å². The lowest BCUT2D eigenvalue weighted by molar-refractivity contribution is -0.123. The third kappa shape index (κ3) is 3.63. The summed E-state index contributed by atoms with van der Waals surface area (Å²) in [6, 6.07) is 16.8. The Morgan fingerprint density at radius 3 is 2.58 bits per heavy atom. The molecule has 0 spiro atoms. The van der Waals surface area contributed by atoms with Crippen LogP contribution in [0.2, 0.25) is 0 Å². The van der Waals surface area contributed by atoms with Crippen molar-refractivity contribution in [2.45, 2.75) is 31.9 Å². The molecule has 0 radical (unpaired) electrons. The Morgan fingerprint density at radius 1 is 1.17 bits per heavy atom. The third-order valence-electron chi connectivity index (χ3n) is 4.04. The molecule has 0 saturated carbocycles. The zero-order valence-corrected chi connectivity index (χ0v) is 13.6. The highest BCUT2D eigenvalue weighted by Crippen LogP contribution is 2.20. The largest absolute Gasteiger partial charge is 0.388 e. The Hall–Kier alpha value is -2.66. The summed E-state index contributed by atoms with van der Waals surface area (Å²) in [4.78, 5) is 20.1. The van der Waals surface area contributed by atoms with Crippen LogP contribution in [0.4, 0.5) is 0 Å². The van der Waals surface area contributed by atoms with Gasteiger partial charge in [-0.25, -0.2) is 4.98 Å². The molecule has 0 aliphatic rings. The lowest BCUT2D eigenvalue weighted by Gasteiger charge is -2.16. The number of nitrogens with zero attached hydrogens (tertiary/aromatic N) is 1. The smallest absolute Gasteiger partial charge is 0.223 e. The monoisotopic (exact) mass is 323 g/mol. The van der Waals surface area contributed by atoms with Gasteiger partial charge in [0.1, 0.15) is 5.82 Å². The summed E-state index contributed by atoms with van der Waals surface area (Å²) in [5.74, 6) is 0.542. The summed E-state index contributed by atoms with van der Waals surface area (Å²) >= 11 is 0. The molecular formula is C19H21N3O2. The van der Waals surface area contributed by atoms with Crippen LogP contribution >= 0.6 is 0 Å². The van der Waals surface area contributed by atoms with Crippen LogP contribution < -0.4 is 5.32 Å². The second kappa shape index (κ2) is 7.27. The zero-order valence-electron chi connectivity index (χ0n) is 13.6. The molecule has 2 aromatic carbocycles. The minimum atomic E-state index is -0.806. The van der Waals surface area contributed by atoms with E-state index in [2.05, 4.69) is 15.3 Å². The van der Waals surface area contributed by atoms with Gasteiger partial charge in [0.25, 0.3) is 0 Å². The van der Waals surface area contributed by atoms with Gasteiger partial charge in [-0.05, 0) is 24.1 Å². The van der Waals surface area contributed by atoms with E-state index in [0.717, 1.165) is 22.4 Å². The molecule has 1 heterocycles. The van der Waals surface area contributed by atoms with Gasteiger partial charge in [-0.2, -0.15) is 0 Å². The first-order valence-corrected chi connectivity index (χ1v) is 8.14. The highest BCUT2D eigenvalue weighted by atomic mass is 16.3. The number of fused-ring (bicyclic) bond motifs is 1. The number of rotatable bonds is 6. The number of nitrogens with one attached hydrogen (secondary N) is 2. The normalized spacial score (nSPS) is 13.6. The highest BCUT2D eigenvalue weighted by Gasteiger charge is 2.19. The predicted molar refractivity (Wildman–Crippen MR) is 93.3 cm³/mol. The molecule has 0 bridgehead atoms. The second-order valence-corrected chi connectivity index (χ2v) is 5.80. The summed E-state index contributed by atoms with van der Waals surface area (Å²) < 4.78 is 0. The fourth-order valence-electron chi connectivity index (χ4n) is 2.72. The Kier molecular flexibility index (Phi) is 4.91. The van der Waals surface area contributed by atoms with E-state index in [1.165, 1.54) is 0 Å². The van der Waals surface area contributed by atoms with E-state index >= 15 is 0 Å². The van der Waals surface area contributed by atoms with Gasteiger partial charge >= 0.3 is 0 Å². The SMILES string of the molecule is CCC(NC(=O)CC(O)c1ccccc1)c1nc2ccccc2[nH]1. The van der Waals surface area contributed by atoms with Crippen LogP contribution in [0.1, 0.15) is 43.3 Å². The number of aromatic amines is 1. The standard InChI is InChI=1S/C19H21N3O2/c1-2-14(19-21-15-10-6-7-11-16(15)22-19)20-18(24)12-17(23)13-8-4-3-5-9-13/h3-11,14,17,23H,2,12H2,1H3,(H,20,24)(H,21,22). The minimum Gasteiger partial charge on any atom is -0.388 e. The number of hydrogen-bond acceptors (Lipinski definition) is 3. The number of hydrogen-bond donors (Lipinski definition) is 3. The first kappa shape index (κ1) is 16.2. The van der Waals surface area contributed by atoms with Crippen molar-refractivity contribution in [1.82, 2.24) is 15.3 Å². The molecule has 5 heteroatoms. The van der Waals surface area contributed by atoms with Gasteiger partial charge in [-0.1, -0.05) is 49.4 Å². The van der Waals surface area contributed by atoms with E-state index in [9.17, 15) is 9.90 Å². The molecule has 3 N–H and O–H groups in total. The first-order valence-electron chi connectivity index (χ1n) is 8.14. The van der Waals surface area contributed by atoms with Gasteiger partial charge in [-0.3, -0.25) is 4.79 Å². The van der Waals surface area contributed by atoms with Gasteiger partial charge in [0.15, 0.2) is 0 Å². The van der Waals surface area contributed by atoms with Crippen molar-refractivity contribution in [3.8, 4) is 0 Å². The molecule has 2 atom stereocenters. The third-order valence-corrected chi connectivity index (χ3v) is 4.04. The number of aromatic nitrogens is 2. The van der Waals surface area contributed by atoms with Crippen molar-refractivity contribution in [3.05, 3.63) is 66.0 Å². The average Bonchev–Trinajstić information content (AvgIpc) is 3.04. The van der Waals surface area contributed by atoms with Crippen molar-refractivity contribution in [2.24, 2.45) is 0 Å². The molecule has 0 aliphatic carbocycles. The summed E-state index contributed by atoms with van der Waals surface area (Å²) in [6.45, 7) is 1.99. The number of aliphatic hydroxyl groups is 1. The van der Waals surface area contributed by atoms with Crippen molar-refractivity contribution in [3.63, 3.8) is 0 Å². The number of carbonyl (C=O) groups excluding carboxylic acids is 1. The Morgan fingerprint density at radius 2 is 1.88 bits per heavy atom. The summed E-state index contributed by atoms with van der Waals surface area (Å²) in [6.07, 6.45) is -0.0623. The Bertz CT molecular complexity index is 781. The molecule has 124 valence electrons. The van der Waals surface area contributed by atoms with Crippen molar-refractivity contribution < 1.29 is 9.90 Å². The van der Waals surface area contributed by atoms with Crippen LogP contribution in [-0.2, 0) is 4.79 Å². The lowest BCUT2D eigenvalue weighted by Crippen LogP contribution is -2.30. The van der Waals surface area contributed by atoms with Crippen molar-refractivity contribution in [2.75, 3.05) is 0 Å². The van der Waals surface area contributed by atoms with Crippen molar-refractivity contribution in [1.29, 1.82) is 0 Å². The molecular weight excluding hydrogens is 302 g/mol. The molecule has 24 heavy (non-hydrogen) atoms. The summed E-state index contributed by atoms with van der Waals surface area (Å²) in [7, 11) is 0. The van der Waals surface area contributed by atoms with Crippen LogP contribution in [-0.4, -0.2) is 21.0 Å². The van der Waals surface area contributed by atoms with E-state index in [1.807, 2.05) is 61.5 Å². The van der Waals surface area contributed by atoms with Crippen molar-refractivity contribution >= 4 is 16.9 Å². The van der Waals surface area contributed by atoms with E-state index < -0.39 is 6.10 Å². The van der Waals surface area contributed by atoms with Gasteiger partial charge in [-0.15, -0.1) is 0 Å². The maximum Gasteiger partial charge on any atom is 0.223 e. The van der Waals surface area contributed by atoms with E-state index in [1.54, 1.807) is 0 Å². The minimum absolute atomic E-state index is 0.0285. The maximum absolute atomic E-state index is 12.3. The number of carbonyl (C=O) groups is 1. The predicted octanol–water partition coefficient (Wildman–Crippen LogP) is 3.25. The van der Waals surface area contributed by atoms with E-state index in [-0.39, 0.29) is 18.4 Å². The number of aliphatic hydroxyl groups excluding tert-OH is 1. The number of amides is 1. The molecule has 0 saturated heterocycles. The fraction of sp³-hybridized carbons (Fsp3) is 0.263. The topological polar surface area (TPSA) is 78.0 Å². The average molecular weight is 323 g/mol. The van der Waals surface area contributed by atoms with Crippen LogP contribution in [0.15, 0.2) is 54.6 Å². The maximum atomic E-state index is 12.3. The molecule has 0 fully saturated rings. The number of benzene rings is 2. The van der Waals surface area contributed by atoms with E-state index in [4.69, 9.17) is 0 Å². The number of para-hydroxylation sites is 2. The molecule has 0 aliphatic heterocycles. The highest BCUT2D eigenvalue weighted by molar-refractivity contribution is 5.78. The first-order chi connectivity index (χ1) is 11.7. The fourth-order valence-corrected chi connectivity index (χ4v) is 2.72. The zero-order chi connectivity index (χ0) is 16.9. The Balaban J connectivity index is 1.67.